The molecular formula is C17H21N3O4S2. The number of primary amides is 1. The molecule has 1 aliphatic carbocycles. The SMILES string of the molecule is C[C@H](OC(=O)[C@@H](C)SCc1nc2sc3c(c2c(=O)[nH]1)CCCC3)C(N)=O. The smallest absolute Gasteiger partial charge is 0.319 e. The molecule has 1 amide bonds. The van der Waals surface area contributed by atoms with Gasteiger partial charge in [-0.2, -0.15) is 0 Å². The summed E-state index contributed by atoms with van der Waals surface area (Å²) >= 11 is 2.89. The molecule has 0 saturated carbocycles. The van der Waals surface area contributed by atoms with Gasteiger partial charge in [-0.05, 0) is 45.1 Å². The first-order valence-electron chi connectivity index (χ1n) is 8.51. The lowest BCUT2D eigenvalue weighted by Gasteiger charge is -2.14. The number of nitrogens with two attached hydrogens (primary N) is 1. The van der Waals surface area contributed by atoms with Gasteiger partial charge in [0, 0.05) is 4.88 Å². The van der Waals surface area contributed by atoms with Crippen LogP contribution >= 0.6 is 23.1 Å². The number of aromatic amines is 1. The number of hydrogen-bond acceptors (Lipinski definition) is 7. The molecule has 3 rings (SSSR count). The number of amides is 1. The number of nitrogens with zero attached hydrogens (tertiary/aromatic N) is 1. The van der Waals surface area contributed by atoms with Crippen LogP contribution in [0.3, 0.4) is 0 Å². The van der Waals surface area contributed by atoms with Crippen LogP contribution in [-0.4, -0.2) is 33.2 Å². The minimum atomic E-state index is -0.961. The standard InChI is InChI=1S/C17H21N3O4S2/c1-8(14(18)21)24-17(23)9(2)25-7-12-19-15(22)13-10-5-3-4-6-11(10)26-16(13)20-12/h8-9H,3-7H2,1-2H3,(H2,18,21)(H,19,20,22)/t8-,9+/m0/s1. The molecule has 0 aliphatic heterocycles. The van der Waals surface area contributed by atoms with Crippen LogP contribution in [0, 0.1) is 0 Å². The number of thioether (sulfide) groups is 1. The minimum absolute atomic E-state index is 0.109. The number of thiophene rings is 1. The third-order valence-corrected chi connectivity index (χ3v) is 6.69. The van der Waals surface area contributed by atoms with Gasteiger partial charge in [0.15, 0.2) is 6.10 Å². The average Bonchev–Trinajstić information content (AvgIpc) is 2.98. The Morgan fingerprint density at radius 2 is 2.08 bits per heavy atom. The number of carbonyl (C=O) groups excluding carboxylic acids is 2. The normalized spacial score (nSPS) is 16.1. The quantitative estimate of drug-likeness (QED) is 0.722. The van der Waals surface area contributed by atoms with Gasteiger partial charge in [0.05, 0.1) is 11.1 Å². The van der Waals surface area contributed by atoms with Gasteiger partial charge in [-0.15, -0.1) is 23.1 Å². The highest BCUT2D eigenvalue weighted by atomic mass is 32.2. The van der Waals surface area contributed by atoms with E-state index in [0.29, 0.717) is 11.6 Å². The summed E-state index contributed by atoms with van der Waals surface area (Å²) < 4.78 is 4.99. The first-order chi connectivity index (χ1) is 12.4. The first kappa shape index (κ1) is 18.9. The van der Waals surface area contributed by atoms with Crippen LogP contribution in [0.5, 0.6) is 0 Å². The molecule has 2 aromatic heterocycles. The maximum absolute atomic E-state index is 12.5. The van der Waals surface area contributed by atoms with E-state index in [-0.39, 0.29) is 5.56 Å². The molecule has 1 aliphatic rings. The minimum Gasteiger partial charge on any atom is -0.452 e. The fraction of sp³-hybridized carbons (Fsp3) is 0.529. The summed E-state index contributed by atoms with van der Waals surface area (Å²) in [5.74, 6) is -0.298. The lowest BCUT2D eigenvalue weighted by Crippen LogP contribution is -2.33. The van der Waals surface area contributed by atoms with Crippen molar-refractivity contribution in [2.75, 3.05) is 0 Å². The molecule has 0 aromatic carbocycles. The van der Waals surface area contributed by atoms with E-state index >= 15 is 0 Å². The molecule has 7 nitrogen and oxygen atoms in total. The van der Waals surface area contributed by atoms with Crippen LogP contribution in [0.2, 0.25) is 0 Å². The van der Waals surface area contributed by atoms with Gasteiger partial charge >= 0.3 is 5.97 Å². The monoisotopic (exact) mass is 395 g/mol. The molecule has 9 heteroatoms. The maximum atomic E-state index is 12.5. The largest absolute Gasteiger partial charge is 0.452 e. The van der Waals surface area contributed by atoms with E-state index in [1.807, 2.05) is 0 Å². The zero-order valence-corrected chi connectivity index (χ0v) is 16.3. The Bertz CT molecular complexity index is 905. The van der Waals surface area contributed by atoms with Gasteiger partial charge in [0.25, 0.3) is 11.5 Å². The second-order valence-corrected chi connectivity index (χ2v) is 8.75. The van der Waals surface area contributed by atoms with Crippen molar-refractivity contribution in [3.05, 3.63) is 26.6 Å². The number of hydrogen-bond donors (Lipinski definition) is 2. The zero-order chi connectivity index (χ0) is 18.8. The third-order valence-electron chi connectivity index (χ3n) is 4.37. The van der Waals surface area contributed by atoms with Crippen LogP contribution in [0.25, 0.3) is 10.2 Å². The topological polar surface area (TPSA) is 115 Å². The number of carbonyl (C=O) groups is 2. The molecule has 0 saturated heterocycles. The Balaban J connectivity index is 1.70. The number of ether oxygens (including phenoxy) is 1. The Hall–Kier alpha value is -1.87. The van der Waals surface area contributed by atoms with E-state index in [2.05, 4.69) is 9.97 Å². The average molecular weight is 396 g/mol. The molecule has 0 spiro atoms. The van der Waals surface area contributed by atoms with Gasteiger partial charge in [-0.1, -0.05) is 0 Å². The van der Waals surface area contributed by atoms with E-state index in [4.69, 9.17) is 10.5 Å². The maximum Gasteiger partial charge on any atom is 0.319 e. The third kappa shape index (κ3) is 3.93. The Morgan fingerprint density at radius 3 is 2.81 bits per heavy atom. The van der Waals surface area contributed by atoms with E-state index in [9.17, 15) is 14.4 Å². The summed E-state index contributed by atoms with van der Waals surface area (Å²) in [4.78, 5) is 44.9. The summed E-state index contributed by atoms with van der Waals surface area (Å²) in [5, 5.41) is 0.218. The summed E-state index contributed by atoms with van der Waals surface area (Å²) in [6, 6.07) is 0. The molecule has 2 atom stereocenters. The number of fused-ring (bicyclic) bond motifs is 3. The molecule has 0 bridgehead atoms. The second kappa shape index (κ2) is 7.79. The molecular weight excluding hydrogens is 374 g/mol. The Kier molecular flexibility index (Phi) is 5.67. The number of aromatic nitrogens is 2. The van der Waals surface area contributed by atoms with Gasteiger partial charge in [0.2, 0.25) is 0 Å². The van der Waals surface area contributed by atoms with E-state index in [1.54, 1.807) is 18.3 Å². The van der Waals surface area contributed by atoms with Crippen LogP contribution < -0.4 is 11.3 Å². The fourth-order valence-electron chi connectivity index (χ4n) is 2.88. The Morgan fingerprint density at radius 1 is 1.35 bits per heavy atom. The molecule has 140 valence electrons. The molecule has 0 unspecified atom stereocenters. The molecule has 3 N–H and O–H groups in total. The zero-order valence-electron chi connectivity index (χ0n) is 14.7. The second-order valence-electron chi connectivity index (χ2n) is 6.34. The van der Waals surface area contributed by atoms with Gasteiger partial charge in [-0.3, -0.25) is 14.4 Å². The predicted octanol–water partition coefficient (Wildman–Crippen LogP) is 1.90. The number of H-pyrrole nitrogens is 1. The summed E-state index contributed by atoms with van der Waals surface area (Å²) in [5.41, 5.74) is 6.13. The van der Waals surface area contributed by atoms with E-state index < -0.39 is 23.2 Å². The fourth-order valence-corrected chi connectivity index (χ4v) is 4.89. The summed E-state index contributed by atoms with van der Waals surface area (Å²) in [6.07, 6.45) is 3.26. The highest BCUT2D eigenvalue weighted by molar-refractivity contribution is 7.99. The number of esters is 1. The van der Waals surface area contributed by atoms with E-state index in [1.165, 1.54) is 23.6 Å². The first-order valence-corrected chi connectivity index (χ1v) is 10.4. The van der Waals surface area contributed by atoms with Crippen molar-refractivity contribution in [2.24, 2.45) is 5.73 Å². The molecule has 26 heavy (non-hydrogen) atoms. The van der Waals surface area contributed by atoms with Crippen molar-refractivity contribution < 1.29 is 14.3 Å². The van der Waals surface area contributed by atoms with Crippen LogP contribution in [0.4, 0.5) is 0 Å². The molecule has 2 heterocycles. The molecule has 2 aromatic rings. The van der Waals surface area contributed by atoms with Crippen molar-refractivity contribution in [1.82, 2.24) is 9.97 Å². The van der Waals surface area contributed by atoms with Crippen LogP contribution in [0.15, 0.2) is 4.79 Å². The van der Waals surface area contributed by atoms with Gasteiger partial charge < -0.3 is 15.5 Å². The van der Waals surface area contributed by atoms with E-state index in [0.717, 1.165) is 41.5 Å². The lowest BCUT2D eigenvalue weighted by atomic mass is 9.97. The van der Waals surface area contributed by atoms with Crippen molar-refractivity contribution in [1.29, 1.82) is 0 Å². The predicted molar refractivity (Wildman–Crippen MR) is 102 cm³/mol. The van der Waals surface area contributed by atoms with Crippen LogP contribution in [-0.2, 0) is 32.9 Å². The summed E-state index contributed by atoms with van der Waals surface area (Å²) in [7, 11) is 0. The molecule has 0 fully saturated rings. The number of aryl methyl sites for hydroxylation is 2. The number of nitrogens with one attached hydrogen (secondary N) is 1. The van der Waals surface area contributed by atoms with Crippen molar-refractivity contribution >= 4 is 45.2 Å². The Labute approximate surface area is 158 Å². The van der Waals surface area contributed by atoms with Gasteiger partial charge in [0.1, 0.15) is 15.9 Å². The highest BCUT2D eigenvalue weighted by Gasteiger charge is 2.22. The lowest BCUT2D eigenvalue weighted by molar-refractivity contribution is -0.152. The highest BCUT2D eigenvalue weighted by Crippen LogP contribution is 2.33. The van der Waals surface area contributed by atoms with Crippen molar-refractivity contribution in [3.63, 3.8) is 0 Å². The van der Waals surface area contributed by atoms with Crippen LogP contribution in [0.1, 0.15) is 43.0 Å². The van der Waals surface area contributed by atoms with Gasteiger partial charge in [-0.25, -0.2) is 4.98 Å². The number of rotatable bonds is 6. The van der Waals surface area contributed by atoms with Crippen molar-refractivity contribution in [3.8, 4) is 0 Å². The van der Waals surface area contributed by atoms with Crippen molar-refractivity contribution in [2.45, 2.75) is 56.6 Å². The summed E-state index contributed by atoms with van der Waals surface area (Å²) in [6.45, 7) is 3.12. The molecule has 0 radical (unpaired) electrons.